The zero-order valence-electron chi connectivity index (χ0n) is 10.4. The zero-order valence-corrected chi connectivity index (χ0v) is 10.4. The van der Waals surface area contributed by atoms with Crippen molar-refractivity contribution in [2.75, 3.05) is 31.1 Å². The van der Waals surface area contributed by atoms with Gasteiger partial charge in [0.2, 0.25) is 0 Å². The van der Waals surface area contributed by atoms with Crippen LogP contribution >= 0.6 is 0 Å². The Labute approximate surface area is 97.1 Å². The summed E-state index contributed by atoms with van der Waals surface area (Å²) in [6, 6.07) is 2.09. The van der Waals surface area contributed by atoms with Gasteiger partial charge in [-0.25, -0.2) is 9.97 Å². The van der Waals surface area contributed by atoms with Crippen LogP contribution in [0.4, 0.5) is 5.82 Å². The van der Waals surface area contributed by atoms with E-state index in [2.05, 4.69) is 40.1 Å². The lowest BCUT2D eigenvalue weighted by molar-refractivity contribution is -0.655. The van der Waals surface area contributed by atoms with Crippen molar-refractivity contribution in [3.8, 4) is 0 Å². The number of hydrogen-bond acceptors (Lipinski definition) is 3. The third-order valence-corrected chi connectivity index (χ3v) is 2.90. The summed E-state index contributed by atoms with van der Waals surface area (Å²) in [5, 5.41) is 2.36. The Kier molecular flexibility index (Phi) is 3.39. The minimum absolute atomic E-state index is 0.398. The van der Waals surface area contributed by atoms with Crippen molar-refractivity contribution in [2.45, 2.75) is 26.7 Å². The summed E-state index contributed by atoms with van der Waals surface area (Å²) in [7, 11) is 0. The quantitative estimate of drug-likeness (QED) is 0.781. The Bertz CT molecular complexity index is 356. The first-order valence-corrected chi connectivity index (χ1v) is 6.09. The number of aryl methyl sites for hydroxylation is 1. The molecule has 4 nitrogen and oxygen atoms in total. The SMILES string of the molecule is Cc1cc(N2CC[NH2+]CC2)nc(C(C)C)n1. The van der Waals surface area contributed by atoms with Gasteiger partial charge >= 0.3 is 0 Å². The molecule has 1 aromatic rings. The molecule has 2 heterocycles. The predicted octanol–water partition coefficient (Wildman–Crippen LogP) is 0.292. The van der Waals surface area contributed by atoms with Gasteiger partial charge in [-0.15, -0.1) is 0 Å². The molecule has 16 heavy (non-hydrogen) atoms. The predicted molar refractivity (Wildman–Crippen MR) is 64.7 cm³/mol. The Morgan fingerprint density at radius 2 is 1.94 bits per heavy atom. The summed E-state index contributed by atoms with van der Waals surface area (Å²) in [5.41, 5.74) is 1.07. The van der Waals surface area contributed by atoms with Crippen LogP contribution in [-0.2, 0) is 0 Å². The monoisotopic (exact) mass is 221 g/mol. The number of nitrogens with two attached hydrogens (primary N) is 1. The summed E-state index contributed by atoms with van der Waals surface area (Å²) in [6.07, 6.45) is 0. The summed E-state index contributed by atoms with van der Waals surface area (Å²) in [5.74, 6) is 2.46. The van der Waals surface area contributed by atoms with E-state index in [4.69, 9.17) is 0 Å². The van der Waals surface area contributed by atoms with E-state index in [1.165, 1.54) is 13.1 Å². The number of rotatable bonds is 2. The molecule has 2 rings (SSSR count). The molecule has 0 bridgehead atoms. The molecule has 0 aliphatic carbocycles. The molecule has 2 N–H and O–H groups in total. The maximum absolute atomic E-state index is 4.66. The number of nitrogens with zero attached hydrogens (tertiary/aromatic N) is 3. The van der Waals surface area contributed by atoms with E-state index in [-0.39, 0.29) is 0 Å². The fourth-order valence-electron chi connectivity index (χ4n) is 1.97. The summed E-state index contributed by atoms with van der Waals surface area (Å²) >= 11 is 0. The highest BCUT2D eigenvalue weighted by Crippen LogP contribution is 2.16. The highest BCUT2D eigenvalue weighted by Gasteiger charge is 2.16. The Morgan fingerprint density at radius 1 is 1.25 bits per heavy atom. The van der Waals surface area contributed by atoms with Crippen LogP contribution in [0.1, 0.15) is 31.3 Å². The molecule has 0 atom stereocenters. The first-order chi connectivity index (χ1) is 7.66. The second-order valence-electron chi connectivity index (χ2n) is 4.73. The standard InChI is InChI=1S/C12H20N4/c1-9(2)12-14-10(3)8-11(15-12)16-6-4-13-5-7-16/h8-9,13H,4-7H2,1-3H3/p+1. The first-order valence-electron chi connectivity index (χ1n) is 6.09. The van der Waals surface area contributed by atoms with Crippen molar-refractivity contribution in [1.29, 1.82) is 0 Å². The number of aromatic nitrogens is 2. The van der Waals surface area contributed by atoms with Gasteiger partial charge in [0.05, 0.1) is 26.2 Å². The summed E-state index contributed by atoms with van der Waals surface area (Å²) in [6.45, 7) is 10.8. The van der Waals surface area contributed by atoms with Gasteiger partial charge in [0.1, 0.15) is 11.6 Å². The third-order valence-electron chi connectivity index (χ3n) is 2.90. The summed E-state index contributed by atoms with van der Waals surface area (Å²) in [4.78, 5) is 11.5. The molecule has 0 amide bonds. The number of hydrogen-bond donors (Lipinski definition) is 1. The van der Waals surface area contributed by atoms with Gasteiger partial charge in [0, 0.05) is 17.7 Å². The van der Waals surface area contributed by atoms with Crippen molar-refractivity contribution in [3.05, 3.63) is 17.6 Å². The van der Waals surface area contributed by atoms with E-state index < -0.39 is 0 Å². The van der Waals surface area contributed by atoms with Crippen molar-refractivity contribution in [1.82, 2.24) is 9.97 Å². The van der Waals surface area contributed by atoms with Crippen LogP contribution in [-0.4, -0.2) is 36.1 Å². The van der Waals surface area contributed by atoms with Crippen LogP contribution in [0.15, 0.2) is 6.07 Å². The molecule has 0 aromatic carbocycles. The Morgan fingerprint density at radius 3 is 2.56 bits per heavy atom. The Balaban J connectivity index is 2.25. The van der Waals surface area contributed by atoms with Crippen LogP contribution in [0.3, 0.4) is 0 Å². The van der Waals surface area contributed by atoms with E-state index in [1.54, 1.807) is 0 Å². The van der Waals surface area contributed by atoms with Gasteiger partial charge < -0.3 is 10.2 Å². The number of piperazine rings is 1. The maximum Gasteiger partial charge on any atom is 0.133 e. The normalized spacial score (nSPS) is 16.9. The molecule has 88 valence electrons. The number of anilines is 1. The lowest BCUT2D eigenvalue weighted by atomic mass is 10.2. The zero-order chi connectivity index (χ0) is 11.5. The lowest BCUT2D eigenvalue weighted by Gasteiger charge is -2.26. The first kappa shape index (κ1) is 11.3. The van der Waals surface area contributed by atoms with E-state index in [1.807, 2.05) is 6.92 Å². The second kappa shape index (κ2) is 4.78. The van der Waals surface area contributed by atoms with Crippen LogP contribution in [0, 0.1) is 6.92 Å². The van der Waals surface area contributed by atoms with E-state index >= 15 is 0 Å². The van der Waals surface area contributed by atoms with Gasteiger partial charge in [0.15, 0.2) is 0 Å². The minimum atomic E-state index is 0.398. The lowest BCUT2D eigenvalue weighted by Crippen LogP contribution is -2.89. The molecule has 4 heteroatoms. The largest absolute Gasteiger partial charge is 0.345 e. The molecule has 1 saturated heterocycles. The molecule has 1 aliphatic rings. The van der Waals surface area contributed by atoms with Gasteiger partial charge in [-0.1, -0.05) is 13.8 Å². The van der Waals surface area contributed by atoms with Crippen molar-refractivity contribution >= 4 is 5.82 Å². The van der Waals surface area contributed by atoms with Crippen LogP contribution < -0.4 is 10.2 Å². The molecule has 1 aliphatic heterocycles. The van der Waals surface area contributed by atoms with Gasteiger partial charge in [0.25, 0.3) is 0 Å². The van der Waals surface area contributed by atoms with Gasteiger partial charge in [-0.3, -0.25) is 0 Å². The average Bonchev–Trinajstić information content (AvgIpc) is 2.29. The number of quaternary nitrogens is 1. The molecule has 1 aromatic heterocycles. The van der Waals surface area contributed by atoms with Gasteiger partial charge in [-0.2, -0.15) is 0 Å². The smallest absolute Gasteiger partial charge is 0.133 e. The van der Waals surface area contributed by atoms with Crippen LogP contribution in [0.5, 0.6) is 0 Å². The van der Waals surface area contributed by atoms with Crippen molar-refractivity contribution in [2.24, 2.45) is 0 Å². The van der Waals surface area contributed by atoms with Crippen LogP contribution in [0.2, 0.25) is 0 Å². The van der Waals surface area contributed by atoms with E-state index in [0.29, 0.717) is 5.92 Å². The van der Waals surface area contributed by atoms with Gasteiger partial charge in [-0.05, 0) is 6.92 Å². The molecule has 0 unspecified atom stereocenters. The maximum atomic E-state index is 4.66. The van der Waals surface area contributed by atoms with Crippen molar-refractivity contribution in [3.63, 3.8) is 0 Å². The minimum Gasteiger partial charge on any atom is -0.345 e. The summed E-state index contributed by atoms with van der Waals surface area (Å²) < 4.78 is 0. The second-order valence-corrected chi connectivity index (χ2v) is 4.73. The molecular weight excluding hydrogens is 200 g/mol. The average molecular weight is 221 g/mol. The molecule has 0 radical (unpaired) electrons. The molecule has 0 spiro atoms. The molecule has 1 fully saturated rings. The third kappa shape index (κ3) is 2.50. The van der Waals surface area contributed by atoms with Crippen LogP contribution in [0.25, 0.3) is 0 Å². The van der Waals surface area contributed by atoms with E-state index in [9.17, 15) is 0 Å². The van der Waals surface area contributed by atoms with Crippen molar-refractivity contribution < 1.29 is 5.32 Å². The molecule has 0 saturated carbocycles. The van der Waals surface area contributed by atoms with E-state index in [0.717, 1.165) is 30.4 Å². The fourth-order valence-corrected chi connectivity index (χ4v) is 1.97. The highest BCUT2D eigenvalue weighted by molar-refractivity contribution is 5.40. The fraction of sp³-hybridized carbons (Fsp3) is 0.667. The Hall–Kier alpha value is -1.16. The topological polar surface area (TPSA) is 45.6 Å². The highest BCUT2D eigenvalue weighted by atomic mass is 15.2. The molecular formula is C12H21N4+.